The Morgan fingerprint density at radius 1 is 1.03 bits per heavy atom. The number of methoxy groups -OCH3 is 1. The molecule has 0 N–H and O–H groups in total. The van der Waals surface area contributed by atoms with E-state index in [4.69, 9.17) is 20.9 Å². The summed E-state index contributed by atoms with van der Waals surface area (Å²) in [5, 5.41) is 4.96. The lowest BCUT2D eigenvalue weighted by atomic mass is 9.97. The molecule has 2 heterocycles. The van der Waals surface area contributed by atoms with Gasteiger partial charge in [0.2, 0.25) is 0 Å². The van der Waals surface area contributed by atoms with Crippen LogP contribution in [-0.4, -0.2) is 29.6 Å². The molecule has 0 aliphatic carbocycles. The van der Waals surface area contributed by atoms with Gasteiger partial charge in [-0.25, -0.2) is 0 Å². The summed E-state index contributed by atoms with van der Waals surface area (Å²) >= 11 is 6.02. The van der Waals surface area contributed by atoms with Gasteiger partial charge in [-0.3, -0.25) is 4.79 Å². The second kappa shape index (κ2) is 9.57. The average Bonchev–Trinajstić information content (AvgIpc) is 3.31. The topological polar surface area (TPSA) is 55.6 Å². The maximum Gasteiger partial charge on any atom is 0.254 e. The second-order valence-electron chi connectivity index (χ2n) is 8.12. The van der Waals surface area contributed by atoms with Gasteiger partial charge in [0.15, 0.2) is 5.76 Å². The van der Waals surface area contributed by atoms with E-state index >= 15 is 0 Å². The van der Waals surface area contributed by atoms with Crippen LogP contribution in [0.5, 0.6) is 5.75 Å². The zero-order valence-electron chi connectivity index (χ0n) is 18.7. The van der Waals surface area contributed by atoms with E-state index in [-0.39, 0.29) is 5.91 Å². The van der Waals surface area contributed by atoms with Crippen LogP contribution in [-0.2, 0) is 17.8 Å². The normalized spacial score (nSPS) is 13.5. The van der Waals surface area contributed by atoms with Crippen molar-refractivity contribution in [2.45, 2.75) is 13.0 Å². The molecule has 170 valence electrons. The third kappa shape index (κ3) is 4.47. The zero-order chi connectivity index (χ0) is 23.5. The molecule has 1 amide bonds. The Morgan fingerprint density at radius 3 is 2.47 bits per heavy atom. The molecule has 0 saturated heterocycles. The van der Waals surface area contributed by atoms with Crippen LogP contribution in [0.15, 0.2) is 83.4 Å². The summed E-state index contributed by atoms with van der Waals surface area (Å²) in [5.41, 5.74) is 5.21. The first-order chi connectivity index (χ1) is 16.6. The lowest BCUT2D eigenvalue weighted by Crippen LogP contribution is -2.36. The molecule has 5 rings (SSSR count). The minimum atomic E-state index is -0.0382. The van der Waals surface area contributed by atoms with E-state index in [1.807, 2.05) is 89.8 Å². The van der Waals surface area contributed by atoms with E-state index in [1.165, 1.54) is 0 Å². The number of carbonyl (C=O) groups is 1. The van der Waals surface area contributed by atoms with Gasteiger partial charge in [-0.05, 0) is 60.0 Å². The molecule has 0 fully saturated rings. The molecular formula is C28H23ClN2O3. The molecule has 0 spiro atoms. The third-order valence-corrected chi connectivity index (χ3v) is 6.23. The Morgan fingerprint density at radius 2 is 1.76 bits per heavy atom. The van der Waals surface area contributed by atoms with Gasteiger partial charge >= 0.3 is 0 Å². The van der Waals surface area contributed by atoms with Crippen molar-refractivity contribution in [3.05, 3.63) is 106 Å². The molecule has 3 aromatic carbocycles. The smallest absolute Gasteiger partial charge is 0.254 e. The summed E-state index contributed by atoms with van der Waals surface area (Å²) in [6.45, 7) is 0.985. The molecule has 1 aliphatic heterocycles. The molecule has 0 saturated carbocycles. The quantitative estimate of drug-likeness (QED) is 0.260. The molecule has 0 bridgehead atoms. The van der Waals surface area contributed by atoms with E-state index < -0.39 is 0 Å². The SMILES string of the molecule is COc1ccc(/C=C(/C(=O)N2CCc3c(noc3-c3ccc(Cl)cc3)C2)c2ccccc2)cc1. The monoisotopic (exact) mass is 470 g/mol. The number of hydrogen-bond donors (Lipinski definition) is 0. The summed E-state index contributed by atoms with van der Waals surface area (Å²) in [5.74, 6) is 1.48. The van der Waals surface area contributed by atoms with Gasteiger partial charge in [-0.15, -0.1) is 0 Å². The van der Waals surface area contributed by atoms with E-state index in [0.29, 0.717) is 30.1 Å². The number of hydrogen-bond acceptors (Lipinski definition) is 4. The van der Waals surface area contributed by atoms with Crippen molar-refractivity contribution in [3.8, 4) is 17.1 Å². The Kier molecular flexibility index (Phi) is 6.19. The first kappa shape index (κ1) is 22.0. The Labute approximate surface area is 203 Å². The number of carbonyl (C=O) groups excluding carboxylic acids is 1. The van der Waals surface area contributed by atoms with Gasteiger partial charge < -0.3 is 14.2 Å². The third-order valence-electron chi connectivity index (χ3n) is 5.98. The Bertz CT molecular complexity index is 1330. The van der Waals surface area contributed by atoms with Gasteiger partial charge in [0, 0.05) is 28.3 Å². The number of aromatic nitrogens is 1. The van der Waals surface area contributed by atoms with Crippen molar-refractivity contribution in [1.82, 2.24) is 10.1 Å². The fraction of sp³-hybridized carbons (Fsp3) is 0.143. The fourth-order valence-electron chi connectivity index (χ4n) is 4.16. The predicted octanol–water partition coefficient (Wildman–Crippen LogP) is 6.13. The average molecular weight is 471 g/mol. The van der Waals surface area contributed by atoms with Gasteiger partial charge in [-0.1, -0.05) is 59.2 Å². The highest BCUT2D eigenvalue weighted by molar-refractivity contribution is 6.30. The maximum atomic E-state index is 13.7. The van der Waals surface area contributed by atoms with Crippen LogP contribution >= 0.6 is 11.6 Å². The Hall–Kier alpha value is -3.83. The number of ether oxygens (including phenoxy) is 1. The van der Waals surface area contributed by atoms with Crippen molar-refractivity contribution in [2.75, 3.05) is 13.7 Å². The number of halogens is 1. The highest BCUT2D eigenvalue weighted by Gasteiger charge is 2.29. The number of benzene rings is 3. The predicted molar refractivity (Wildman–Crippen MR) is 133 cm³/mol. The number of rotatable bonds is 5. The number of fused-ring (bicyclic) bond motifs is 1. The van der Waals surface area contributed by atoms with Gasteiger partial charge in [0.05, 0.1) is 13.7 Å². The van der Waals surface area contributed by atoms with E-state index in [0.717, 1.165) is 39.5 Å². The van der Waals surface area contributed by atoms with Gasteiger partial charge in [0.1, 0.15) is 11.4 Å². The molecule has 4 aromatic rings. The first-order valence-electron chi connectivity index (χ1n) is 11.1. The molecule has 5 nitrogen and oxygen atoms in total. The van der Waals surface area contributed by atoms with Crippen LogP contribution in [0.25, 0.3) is 23.0 Å². The molecule has 1 aromatic heterocycles. The fourth-order valence-corrected chi connectivity index (χ4v) is 4.28. The molecule has 0 unspecified atom stereocenters. The molecule has 0 radical (unpaired) electrons. The summed E-state index contributed by atoms with van der Waals surface area (Å²) < 4.78 is 10.9. The van der Waals surface area contributed by atoms with Crippen LogP contribution in [0.3, 0.4) is 0 Å². The van der Waals surface area contributed by atoms with Gasteiger partial charge in [-0.2, -0.15) is 0 Å². The summed E-state index contributed by atoms with van der Waals surface area (Å²) in [4.78, 5) is 15.5. The molecule has 6 heteroatoms. The van der Waals surface area contributed by atoms with Crippen LogP contribution in [0.1, 0.15) is 22.4 Å². The van der Waals surface area contributed by atoms with E-state index in [9.17, 15) is 4.79 Å². The van der Waals surface area contributed by atoms with Crippen molar-refractivity contribution in [1.29, 1.82) is 0 Å². The molecular weight excluding hydrogens is 448 g/mol. The highest BCUT2D eigenvalue weighted by Crippen LogP contribution is 2.32. The molecule has 0 atom stereocenters. The van der Waals surface area contributed by atoms with Gasteiger partial charge in [0.25, 0.3) is 5.91 Å². The summed E-state index contributed by atoms with van der Waals surface area (Å²) in [6, 6.07) is 24.9. The van der Waals surface area contributed by atoms with E-state index in [2.05, 4.69) is 5.16 Å². The second-order valence-corrected chi connectivity index (χ2v) is 8.55. The summed E-state index contributed by atoms with van der Waals surface area (Å²) in [7, 11) is 1.64. The van der Waals surface area contributed by atoms with Crippen molar-refractivity contribution >= 4 is 29.2 Å². The molecule has 1 aliphatic rings. The Balaban J connectivity index is 1.44. The zero-order valence-corrected chi connectivity index (χ0v) is 19.5. The lowest BCUT2D eigenvalue weighted by Gasteiger charge is -2.27. The van der Waals surface area contributed by atoms with Crippen LogP contribution < -0.4 is 4.74 Å². The molecule has 34 heavy (non-hydrogen) atoms. The number of nitrogens with zero attached hydrogens (tertiary/aromatic N) is 2. The van der Waals surface area contributed by atoms with Crippen LogP contribution in [0, 0.1) is 0 Å². The van der Waals surface area contributed by atoms with Crippen molar-refractivity contribution in [2.24, 2.45) is 0 Å². The maximum absolute atomic E-state index is 13.7. The number of amides is 1. The van der Waals surface area contributed by atoms with Crippen LogP contribution in [0.4, 0.5) is 0 Å². The highest BCUT2D eigenvalue weighted by atomic mass is 35.5. The lowest BCUT2D eigenvalue weighted by molar-refractivity contribution is -0.125. The van der Waals surface area contributed by atoms with Crippen molar-refractivity contribution < 1.29 is 14.1 Å². The largest absolute Gasteiger partial charge is 0.497 e. The van der Waals surface area contributed by atoms with E-state index in [1.54, 1.807) is 7.11 Å². The summed E-state index contributed by atoms with van der Waals surface area (Å²) in [6.07, 6.45) is 2.60. The first-order valence-corrected chi connectivity index (χ1v) is 11.4. The minimum absolute atomic E-state index is 0.0382. The standard InChI is InChI=1S/C28H23ClN2O3/c1-33-23-13-7-19(8-14-23)17-25(20-5-3-2-4-6-20)28(32)31-16-15-24-26(18-31)30-34-27(24)21-9-11-22(29)12-10-21/h2-14,17H,15-16,18H2,1H3/b25-17+. The van der Waals surface area contributed by atoms with Crippen molar-refractivity contribution in [3.63, 3.8) is 0 Å². The minimum Gasteiger partial charge on any atom is -0.497 e. The van der Waals surface area contributed by atoms with Crippen LogP contribution in [0.2, 0.25) is 5.02 Å².